The summed E-state index contributed by atoms with van der Waals surface area (Å²) in [6.45, 7) is 0.639. The minimum atomic E-state index is -0.696. The Kier molecular flexibility index (Phi) is 6.22. The van der Waals surface area contributed by atoms with Crippen LogP contribution in [0.3, 0.4) is 0 Å². The second-order valence-electron chi connectivity index (χ2n) is 5.06. The third-order valence-corrected chi connectivity index (χ3v) is 3.31. The van der Waals surface area contributed by atoms with E-state index in [4.69, 9.17) is 15.2 Å². The van der Waals surface area contributed by atoms with Gasteiger partial charge < -0.3 is 20.5 Å². The number of aromatic nitrogens is 2. The van der Waals surface area contributed by atoms with Crippen LogP contribution in [0.2, 0.25) is 0 Å². The van der Waals surface area contributed by atoms with E-state index in [1.807, 2.05) is 0 Å². The number of ether oxygens (including phenoxy) is 2. The molecule has 0 radical (unpaired) electrons. The normalized spacial score (nSPS) is 10.2. The van der Waals surface area contributed by atoms with Gasteiger partial charge >= 0.3 is 6.03 Å². The highest BCUT2D eigenvalue weighted by Crippen LogP contribution is 2.31. The molecule has 0 aliphatic heterocycles. The molecule has 3 N–H and O–H groups in total. The number of primary amides is 1. The number of nitro benzene ring substituents is 1. The van der Waals surface area contributed by atoms with E-state index in [0.29, 0.717) is 12.4 Å². The van der Waals surface area contributed by atoms with Crippen molar-refractivity contribution in [2.75, 3.05) is 37.6 Å². The quantitative estimate of drug-likeness (QED) is 0.409. The molecule has 26 heavy (non-hydrogen) atoms. The smallest absolute Gasteiger partial charge is 0.320 e. The van der Waals surface area contributed by atoms with Gasteiger partial charge in [-0.2, -0.15) is 0 Å². The van der Waals surface area contributed by atoms with Crippen molar-refractivity contribution < 1.29 is 19.2 Å². The van der Waals surface area contributed by atoms with E-state index in [9.17, 15) is 14.9 Å². The maximum atomic E-state index is 11.3. The Hall–Kier alpha value is -3.47. The molecule has 0 aliphatic rings. The van der Waals surface area contributed by atoms with Gasteiger partial charge in [-0.05, 0) is 12.1 Å². The van der Waals surface area contributed by atoms with Gasteiger partial charge in [0.2, 0.25) is 0 Å². The molecule has 0 saturated carbocycles. The lowest BCUT2D eigenvalue weighted by atomic mass is 10.2. The molecule has 1 aromatic heterocycles. The lowest BCUT2D eigenvalue weighted by Gasteiger charge is -2.14. The van der Waals surface area contributed by atoms with Gasteiger partial charge in [0.05, 0.1) is 17.6 Å². The third kappa shape index (κ3) is 4.77. The zero-order chi connectivity index (χ0) is 19.1. The minimum Gasteiger partial charge on any atom is -0.491 e. The Bertz CT molecular complexity index is 800. The molecular formula is C15H18N6O5. The fourth-order valence-electron chi connectivity index (χ4n) is 1.95. The summed E-state index contributed by atoms with van der Waals surface area (Å²) in [5.74, 6) is 0.854. The van der Waals surface area contributed by atoms with Crippen LogP contribution in [0.15, 0.2) is 30.6 Å². The van der Waals surface area contributed by atoms with Crippen molar-refractivity contribution in [3.63, 3.8) is 0 Å². The molecule has 0 saturated heterocycles. The molecule has 2 amide bonds. The molecule has 11 heteroatoms. The Balaban J connectivity index is 2.24. The summed E-state index contributed by atoms with van der Waals surface area (Å²) in [4.78, 5) is 31.0. The Morgan fingerprint density at radius 2 is 2.12 bits per heavy atom. The highest BCUT2D eigenvalue weighted by atomic mass is 16.6. The molecule has 138 valence electrons. The monoisotopic (exact) mass is 362 g/mol. The van der Waals surface area contributed by atoms with Gasteiger partial charge in [0.15, 0.2) is 0 Å². The van der Waals surface area contributed by atoms with Gasteiger partial charge in [0.1, 0.15) is 36.0 Å². The summed E-state index contributed by atoms with van der Waals surface area (Å²) >= 11 is 0. The van der Waals surface area contributed by atoms with Crippen molar-refractivity contribution in [1.82, 2.24) is 9.97 Å². The third-order valence-electron chi connectivity index (χ3n) is 3.31. The Labute approximate surface area is 148 Å². The number of nitrogens with one attached hydrogen (secondary N) is 1. The maximum absolute atomic E-state index is 11.3. The topological polar surface area (TPSA) is 146 Å². The zero-order valence-corrected chi connectivity index (χ0v) is 14.2. The molecule has 2 rings (SSSR count). The van der Waals surface area contributed by atoms with Crippen molar-refractivity contribution >= 4 is 29.0 Å². The standard InChI is InChI=1S/C15H18N6O5/c1-20(15(16)22)14-8-13(17-9-18-14)19-11-4-3-10(26-6-5-25-2)7-12(11)21(23)24/h3-4,7-9H,5-6H2,1-2H3,(H2,16,22)(H,17,18,19). The number of carbonyl (C=O) groups is 1. The van der Waals surface area contributed by atoms with Gasteiger partial charge in [-0.25, -0.2) is 14.8 Å². The second-order valence-corrected chi connectivity index (χ2v) is 5.06. The molecule has 0 bridgehead atoms. The predicted octanol–water partition coefficient (Wildman–Crippen LogP) is 1.67. The molecule has 0 aliphatic carbocycles. The van der Waals surface area contributed by atoms with Crippen LogP contribution in [0.25, 0.3) is 0 Å². The molecule has 0 unspecified atom stereocenters. The van der Waals surface area contributed by atoms with E-state index in [1.54, 1.807) is 6.07 Å². The number of carbonyl (C=O) groups excluding carboxylic acids is 1. The number of benzene rings is 1. The summed E-state index contributed by atoms with van der Waals surface area (Å²) in [6, 6.07) is 5.13. The molecular weight excluding hydrogens is 344 g/mol. The predicted molar refractivity (Wildman–Crippen MR) is 93.8 cm³/mol. The second kappa shape index (κ2) is 8.58. The number of hydrogen-bond acceptors (Lipinski definition) is 8. The number of rotatable bonds is 8. The molecule has 2 aromatic rings. The first kappa shape index (κ1) is 18.9. The first-order chi connectivity index (χ1) is 12.4. The lowest BCUT2D eigenvalue weighted by Crippen LogP contribution is -2.32. The van der Waals surface area contributed by atoms with E-state index < -0.39 is 11.0 Å². The largest absolute Gasteiger partial charge is 0.491 e. The molecule has 11 nitrogen and oxygen atoms in total. The van der Waals surface area contributed by atoms with Gasteiger partial charge in [-0.15, -0.1) is 0 Å². The minimum absolute atomic E-state index is 0.191. The number of nitrogens with zero attached hydrogens (tertiary/aromatic N) is 4. The van der Waals surface area contributed by atoms with E-state index >= 15 is 0 Å². The van der Waals surface area contributed by atoms with Crippen molar-refractivity contribution in [3.8, 4) is 5.75 Å². The van der Waals surface area contributed by atoms with E-state index in [2.05, 4.69) is 15.3 Å². The molecule has 0 fully saturated rings. The van der Waals surface area contributed by atoms with Crippen LogP contribution in [0.4, 0.5) is 27.8 Å². The number of anilines is 3. The Morgan fingerprint density at radius 1 is 1.35 bits per heavy atom. The number of amides is 2. The molecule has 0 atom stereocenters. The van der Waals surface area contributed by atoms with Crippen LogP contribution in [0.5, 0.6) is 5.75 Å². The highest BCUT2D eigenvalue weighted by molar-refractivity contribution is 5.89. The van der Waals surface area contributed by atoms with Crippen molar-refractivity contribution in [1.29, 1.82) is 0 Å². The molecule has 0 spiro atoms. The van der Waals surface area contributed by atoms with E-state index in [1.165, 1.54) is 38.7 Å². The fourth-order valence-corrected chi connectivity index (χ4v) is 1.95. The average Bonchev–Trinajstić information content (AvgIpc) is 2.62. The van der Waals surface area contributed by atoms with Crippen LogP contribution in [0.1, 0.15) is 0 Å². The van der Waals surface area contributed by atoms with E-state index in [0.717, 1.165) is 4.90 Å². The number of methoxy groups -OCH3 is 1. The average molecular weight is 362 g/mol. The van der Waals surface area contributed by atoms with Crippen molar-refractivity contribution in [3.05, 3.63) is 40.7 Å². The summed E-state index contributed by atoms with van der Waals surface area (Å²) < 4.78 is 10.2. The number of hydrogen-bond donors (Lipinski definition) is 2. The highest BCUT2D eigenvalue weighted by Gasteiger charge is 2.17. The van der Waals surface area contributed by atoms with Gasteiger partial charge in [0.25, 0.3) is 5.69 Å². The zero-order valence-electron chi connectivity index (χ0n) is 14.2. The van der Waals surface area contributed by atoms with E-state index in [-0.39, 0.29) is 29.6 Å². The van der Waals surface area contributed by atoms with Gasteiger partial charge in [0, 0.05) is 20.2 Å². The van der Waals surface area contributed by atoms with Crippen LogP contribution in [-0.4, -0.2) is 48.3 Å². The summed E-state index contributed by atoms with van der Waals surface area (Å²) in [5.41, 5.74) is 5.21. The van der Waals surface area contributed by atoms with Crippen molar-refractivity contribution in [2.45, 2.75) is 0 Å². The first-order valence-corrected chi connectivity index (χ1v) is 7.44. The number of urea groups is 1. The lowest BCUT2D eigenvalue weighted by molar-refractivity contribution is -0.384. The fraction of sp³-hybridized carbons (Fsp3) is 0.267. The number of nitrogens with two attached hydrogens (primary N) is 1. The van der Waals surface area contributed by atoms with Crippen LogP contribution < -0.4 is 20.7 Å². The van der Waals surface area contributed by atoms with Crippen LogP contribution >= 0.6 is 0 Å². The van der Waals surface area contributed by atoms with Gasteiger partial charge in [-0.1, -0.05) is 0 Å². The molecule has 1 aromatic carbocycles. The van der Waals surface area contributed by atoms with Crippen LogP contribution in [-0.2, 0) is 4.74 Å². The maximum Gasteiger partial charge on any atom is 0.320 e. The summed E-state index contributed by atoms with van der Waals surface area (Å²) in [5, 5.41) is 14.2. The SMILES string of the molecule is COCCOc1ccc(Nc2cc(N(C)C(N)=O)ncn2)c([N+](=O)[O-])c1. The summed E-state index contributed by atoms with van der Waals surface area (Å²) in [7, 11) is 2.98. The number of nitro groups is 1. The van der Waals surface area contributed by atoms with Crippen molar-refractivity contribution in [2.24, 2.45) is 5.73 Å². The first-order valence-electron chi connectivity index (χ1n) is 7.44. The molecule has 1 heterocycles. The summed E-state index contributed by atoms with van der Waals surface area (Å²) in [6.07, 6.45) is 1.21. The Morgan fingerprint density at radius 3 is 2.77 bits per heavy atom. The van der Waals surface area contributed by atoms with Crippen LogP contribution in [0, 0.1) is 10.1 Å². The van der Waals surface area contributed by atoms with Gasteiger partial charge in [-0.3, -0.25) is 15.0 Å².